The first-order chi connectivity index (χ1) is 9.26. The topological polar surface area (TPSA) is 119 Å². The van der Waals surface area contributed by atoms with Crippen molar-refractivity contribution in [1.82, 2.24) is 14.9 Å². The standard InChI is InChI=1S/C10H17N3O5S2/c1-8-12-13-10(18-8)6-11-20(16,17)5-3-9-2-4-19(14,15)7-9/h9,11H,2-7H2,1H3. The largest absolute Gasteiger partial charge is 0.424 e. The molecule has 20 heavy (non-hydrogen) atoms. The lowest BCUT2D eigenvalue weighted by Gasteiger charge is -2.08. The summed E-state index contributed by atoms with van der Waals surface area (Å²) in [6, 6.07) is 0. The Hall–Kier alpha value is -1.00. The molecule has 0 amide bonds. The van der Waals surface area contributed by atoms with E-state index in [2.05, 4.69) is 14.9 Å². The molecule has 0 saturated carbocycles. The Morgan fingerprint density at radius 3 is 2.70 bits per heavy atom. The van der Waals surface area contributed by atoms with E-state index in [4.69, 9.17) is 4.42 Å². The molecule has 1 N–H and O–H groups in total. The van der Waals surface area contributed by atoms with Crippen molar-refractivity contribution in [1.29, 1.82) is 0 Å². The normalized spacial score (nSPS) is 22.1. The van der Waals surface area contributed by atoms with Gasteiger partial charge in [-0.05, 0) is 18.8 Å². The van der Waals surface area contributed by atoms with Crippen molar-refractivity contribution in [3.8, 4) is 0 Å². The highest BCUT2D eigenvalue weighted by Crippen LogP contribution is 2.21. The van der Waals surface area contributed by atoms with Crippen molar-refractivity contribution in [2.24, 2.45) is 5.92 Å². The van der Waals surface area contributed by atoms with Crippen LogP contribution < -0.4 is 4.72 Å². The predicted octanol–water partition coefficient (Wildman–Crippen LogP) is -0.378. The van der Waals surface area contributed by atoms with E-state index in [1.807, 2.05) is 0 Å². The van der Waals surface area contributed by atoms with Crippen molar-refractivity contribution in [3.05, 3.63) is 11.8 Å². The number of nitrogens with zero attached hydrogens (tertiary/aromatic N) is 2. The lowest BCUT2D eigenvalue weighted by molar-refractivity contribution is 0.459. The van der Waals surface area contributed by atoms with Crippen LogP contribution in [0.1, 0.15) is 24.6 Å². The summed E-state index contributed by atoms with van der Waals surface area (Å²) in [5.74, 6) is 0.657. The van der Waals surface area contributed by atoms with E-state index >= 15 is 0 Å². The lowest BCUT2D eigenvalue weighted by Crippen LogP contribution is -2.27. The molecule has 2 heterocycles. The third kappa shape index (κ3) is 4.53. The smallest absolute Gasteiger partial charge is 0.231 e. The lowest BCUT2D eigenvalue weighted by atomic mass is 10.1. The van der Waals surface area contributed by atoms with E-state index in [9.17, 15) is 16.8 Å². The van der Waals surface area contributed by atoms with Crippen LogP contribution in [0.3, 0.4) is 0 Å². The number of hydrogen-bond acceptors (Lipinski definition) is 7. The molecule has 1 aliphatic heterocycles. The second kappa shape index (κ2) is 5.78. The van der Waals surface area contributed by atoms with Gasteiger partial charge >= 0.3 is 0 Å². The van der Waals surface area contributed by atoms with Crippen LogP contribution in [0.4, 0.5) is 0 Å². The zero-order valence-corrected chi connectivity index (χ0v) is 12.7. The summed E-state index contributed by atoms with van der Waals surface area (Å²) in [6.07, 6.45) is 0.887. The average Bonchev–Trinajstić information content (AvgIpc) is 2.91. The fourth-order valence-corrected chi connectivity index (χ4v) is 5.12. The molecule has 10 heteroatoms. The van der Waals surface area contributed by atoms with Crippen molar-refractivity contribution < 1.29 is 21.3 Å². The van der Waals surface area contributed by atoms with Crippen molar-refractivity contribution >= 4 is 19.9 Å². The van der Waals surface area contributed by atoms with E-state index in [0.717, 1.165) is 0 Å². The van der Waals surface area contributed by atoms with Crippen molar-refractivity contribution in [3.63, 3.8) is 0 Å². The Bertz CT molecular complexity index is 665. The van der Waals surface area contributed by atoms with Gasteiger partial charge in [0.1, 0.15) is 0 Å². The highest BCUT2D eigenvalue weighted by molar-refractivity contribution is 7.91. The highest BCUT2D eigenvalue weighted by atomic mass is 32.2. The molecule has 0 radical (unpaired) electrons. The Kier molecular flexibility index (Phi) is 4.45. The monoisotopic (exact) mass is 323 g/mol. The Morgan fingerprint density at radius 2 is 2.15 bits per heavy atom. The summed E-state index contributed by atoms with van der Waals surface area (Å²) >= 11 is 0. The maximum absolute atomic E-state index is 11.8. The molecule has 0 aliphatic carbocycles. The minimum Gasteiger partial charge on any atom is -0.424 e. The minimum atomic E-state index is -3.47. The molecule has 2 rings (SSSR count). The van der Waals surface area contributed by atoms with Gasteiger partial charge in [0, 0.05) is 6.92 Å². The summed E-state index contributed by atoms with van der Waals surface area (Å²) in [7, 11) is -6.43. The number of aromatic nitrogens is 2. The second-order valence-corrected chi connectivity index (χ2v) is 9.07. The quantitative estimate of drug-likeness (QED) is 0.758. The van der Waals surface area contributed by atoms with Crippen molar-refractivity contribution in [2.45, 2.75) is 26.3 Å². The predicted molar refractivity (Wildman–Crippen MR) is 71.0 cm³/mol. The SMILES string of the molecule is Cc1nnc(CNS(=O)(=O)CCC2CCS(=O)(=O)C2)o1. The zero-order valence-electron chi connectivity index (χ0n) is 11.1. The van der Waals surface area contributed by atoms with E-state index in [-0.39, 0.29) is 35.6 Å². The fourth-order valence-electron chi connectivity index (χ4n) is 2.07. The first-order valence-corrected chi connectivity index (χ1v) is 9.70. The number of sulfonamides is 1. The van der Waals surface area contributed by atoms with E-state index in [1.54, 1.807) is 6.92 Å². The first kappa shape index (κ1) is 15.4. The van der Waals surface area contributed by atoms with Gasteiger partial charge in [0.2, 0.25) is 21.8 Å². The summed E-state index contributed by atoms with van der Waals surface area (Å²) in [5.41, 5.74) is 0. The van der Waals surface area contributed by atoms with Crippen LogP contribution in [0, 0.1) is 12.8 Å². The Morgan fingerprint density at radius 1 is 1.40 bits per heavy atom. The van der Waals surface area contributed by atoms with Crippen LogP contribution in [0.25, 0.3) is 0 Å². The maximum atomic E-state index is 11.8. The maximum Gasteiger partial charge on any atom is 0.231 e. The fraction of sp³-hybridized carbons (Fsp3) is 0.800. The number of sulfone groups is 1. The molecule has 1 unspecified atom stereocenters. The van der Waals surface area contributed by atoms with Gasteiger partial charge in [-0.15, -0.1) is 10.2 Å². The zero-order chi connectivity index (χ0) is 14.8. The average molecular weight is 323 g/mol. The Balaban J connectivity index is 1.79. The number of rotatable bonds is 6. The highest BCUT2D eigenvalue weighted by Gasteiger charge is 2.28. The molecule has 1 aromatic heterocycles. The summed E-state index contributed by atoms with van der Waals surface area (Å²) in [6.45, 7) is 1.57. The van der Waals surface area contributed by atoms with E-state index in [0.29, 0.717) is 18.7 Å². The van der Waals surface area contributed by atoms with Crippen LogP contribution in [0.15, 0.2) is 4.42 Å². The van der Waals surface area contributed by atoms with E-state index < -0.39 is 19.9 Å². The third-order valence-corrected chi connectivity index (χ3v) is 6.33. The van der Waals surface area contributed by atoms with Crippen LogP contribution in [-0.4, -0.2) is 44.3 Å². The molecule has 0 spiro atoms. The molecule has 8 nitrogen and oxygen atoms in total. The van der Waals surface area contributed by atoms with Gasteiger partial charge in [-0.2, -0.15) is 0 Å². The van der Waals surface area contributed by atoms with Crippen molar-refractivity contribution in [2.75, 3.05) is 17.3 Å². The van der Waals surface area contributed by atoms with Gasteiger partial charge in [0.05, 0.1) is 23.8 Å². The van der Waals surface area contributed by atoms with Gasteiger partial charge < -0.3 is 4.42 Å². The number of nitrogens with one attached hydrogen (secondary N) is 1. The molecule has 1 atom stereocenters. The molecular weight excluding hydrogens is 306 g/mol. The van der Waals surface area contributed by atoms with Crippen LogP contribution >= 0.6 is 0 Å². The minimum absolute atomic E-state index is 0.0495. The molecule has 0 bridgehead atoms. The third-order valence-electron chi connectivity index (χ3n) is 3.13. The van der Waals surface area contributed by atoms with Crippen LogP contribution in [0.2, 0.25) is 0 Å². The second-order valence-electron chi connectivity index (χ2n) is 4.91. The molecular formula is C10H17N3O5S2. The molecule has 0 aromatic carbocycles. The first-order valence-electron chi connectivity index (χ1n) is 6.22. The summed E-state index contributed by atoms with van der Waals surface area (Å²) < 4.78 is 53.5. The van der Waals surface area contributed by atoms with Gasteiger partial charge in [-0.1, -0.05) is 0 Å². The number of aryl methyl sites for hydroxylation is 1. The van der Waals surface area contributed by atoms with Gasteiger partial charge in [-0.25, -0.2) is 21.6 Å². The molecule has 1 saturated heterocycles. The van der Waals surface area contributed by atoms with Gasteiger partial charge in [0.15, 0.2) is 9.84 Å². The molecule has 1 aliphatic rings. The van der Waals surface area contributed by atoms with Crippen LogP contribution in [0.5, 0.6) is 0 Å². The molecule has 1 aromatic rings. The van der Waals surface area contributed by atoms with Gasteiger partial charge in [0.25, 0.3) is 0 Å². The van der Waals surface area contributed by atoms with Crippen LogP contribution in [-0.2, 0) is 26.4 Å². The van der Waals surface area contributed by atoms with E-state index in [1.165, 1.54) is 0 Å². The summed E-state index contributed by atoms with van der Waals surface area (Å²) in [4.78, 5) is 0. The Labute approximate surface area is 117 Å². The summed E-state index contributed by atoms with van der Waals surface area (Å²) in [5, 5.41) is 7.28. The van der Waals surface area contributed by atoms with Gasteiger partial charge in [-0.3, -0.25) is 0 Å². The molecule has 114 valence electrons. The number of hydrogen-bond donors (Lipinski definition) is 1. The molecule has 1 fully saturated rings.